The number of fused-ring (bicyclic) bond motifs is 1. The molecule has 7 heteroatoms. The van der Waals surface area contributed by atoms with Crippen LogP contribution in [0.3, 0.4) is 0 Å². The van der Waals surface area contributed by atoms with E-state index in [1.165, 1.54) is 10.9 Å². The summed E-state index contributed by atoms with van der Waals surface area (Å²) in [5.74, 6) is -0.221. The van der Waals surface area contributed by atoms with Crippen molar-refractivity contribution in [3.8, 4) is 0 Å². The Morgan fingerprint density at radius 2 is 1.82 bits per heavy atom. The summed E-state index contributed by atoms with van der Waals surface area (Å²) >= 11 is 0. The molecule has 0 aliphatic heterocycles. The fraction of sp³-hybridized carbons (Fsp3) is 0.238. The largest absolute Gasteiger partial charge is 0.355 e. The van der Waals surface area contributed by atoms with Gasteiger partial charge in [-0.3, -0.25) is 19.0 Å². The fourth-order valence-corrected chi connectivity index (χ4v) is 2.94. The molecular weight excluding hydrogens is 356 g/mol. The normalized spacial score (nSPS) is 10.6. The van der Waals surface area contributed by atoms with Gasteiger partial charge in [0.1, 0.15) is 0 Å². The third-order valence-corrected chi connectivity index (χ3v) is 4.59. The summed E-state index contributed by atoms with van der Waals surface area (Å²) in [6, 6.07) is 14.3. The number of hydrogen-bond acceptors (Lipinski definition) is 4. The minimum atomic E-state index is -0.148. The Labute approximate surface area is 162 Å². The maximum atomic E-state index is 12.5. The van der Waals surface area contributed by atoms with Gasteiger partial charge < -0.3 is 10.2 Å². The number of carbonyl (C=O) groups excluding carboxylic acids is 2. The van der Waals surface area contributed by atoms with E-state index in [9.17, 15) is 14.4 Å². The van der Waals surface area contributed by atoms with Gasteiger partial charge in [0.25, 0.3) is 11.5 Å². The Balaban J connectivity index is 1.61. The van der Waals surface area contributed by atoms with Crippen LogP contribution < -0.4 is 10.9 Å². The third-order valence-electron chi connectivity index (χ3n) is 4.59. The second-order valence-electron chi connectivity index (χ2n) is 6.54. The number of para-hydroxylation sites is 1. The fourth-order valence-electron chi connectivity index (χ4n) is 2.94. The molecule has 144 valence electrons. The van der Waals surface area contributed by atoms with Crippen LogP contribution in [-0.2, 0) is 17.9 Å². The number of nitrogens with zero attached hydrogens (tertiary/aromatic N) is 3. The molecular formula is C21H22N4O3. The van der Waals surface area contributed by atoms with Crippen molar-refractivity contribution in [2.75, 3.05) is 14.1 Å². The Kier molecular flexibility index (Phi) is 5.84. The van der Waals surface area contributed by atoms with Crippen LogP contribution in [0.15, 0.2) is 59.7 Å². The lowest BCUT2D eigenvalue weighted by atomic mass is 10.1. The molecule has 2 amide bonds. The second kappa shape index (κ2) is 8.47. The van der Waals surface area contributed by atoms with Gasteiger partial charge in [-0.05, 0) is 29.8 Å². The number of hydrogen-bond donors (Lipinski definition) is 1. The topological polar surface area (TPSA) is 84.3 Å². The van der Waals surface area contributed by atoms with Crippen molar-refractivity contribution in [1.29, 1.82) is 0 Å². The van der Waals surface area contributed by atoms with E-state index in [0.29, 0.717) is 23.0 Å². The highest BCUT2D eigenvalue weighted by Crippen LogP contribution is 2.09. The van der Waals surface area contributed by atoms with Gasteiger partial charge in [-0.25, -0.2) is 4.98 Å². The first kappa shape index (κ1) is 19.3. The van der Waals surface area contributed by atoms with E-state index in [1.54, 1.807) is 49.3 Å². The van der Waals surface area contributed by atoms with Crippen molar-refractivity contribution in [3.63, 3.8) is 0 Å². The molecule has 0 fully saturated rings. The van der Waals surface area contributed by atoms with Crippen LogP contribution in [-0.4, -0.2) is 40.4 Å². The van der Waals surface area contributed by atoms with Crippen LogP contribution in [0, 0.1) is 0 Å². The van der Waals surface area contributed by atoms with E-state index in [2.05, 4.69) is 10.3 Å². The number of rotatable bonds is 6. The number of aromatic nitrogens is 2. The Hall–Kier alpha value is -3.48. The van der Waals surface area contributed by atoms with Crippen molar-refractivity contribution < 1.29 is 9.59 Å². The lowest BCUT2D eigenvalue weighted by Crippen LogP contribution is -2.29. The van der Waals surface area contributed by atoms with Gasteiger partial charge in [0.05, 0.1) is 17.2 Å². The SMILES string of the molecule is CNC(=O)c1ccc(CN(C)C(=O)CCn2cnc3ccccc3c2=O)cc1. The van der Waals surface area contributed by atoms with E-state index in [1.807, 2.05) is 18.2 Å². The standard InChI is InChI=1S/C21H22N4O3/c1-22-20(27)16-9-7-15(8-10-16)13-24(2)19(26)11-12-25-14-23-18-6-4-3-5-17(18)21(25)28/h3-10,14H,11-13H2,1-2H3,(H,22,27). The highest BCUT2D eigenvalue weighted by Gasteiger charge is 2.11. The van der Waals surface area contributed by atoms with Crippen LogP contribution >= 0.6 is 0 Å². The molecule has 0 unspecified atom stereocenters. The molecule has 0 spiro atoms. The van der Waals surface area contributed by atoms with E-state index in [0.717, 1.165) is 5.56 Å². The third kappa shape index (κ3) is 4.25. The van der Waals surface area contributed by atoms with Gasteiger partial charge >= 0.3 is 0 Å². The van der Waals surface area contributed by atoms with Gasteiger partial charge in [-0.15, -0.1) is 0 Å². The number of nitrogens with one attached hydrogen (secondary N) is 1. The number of carbonyl (C=O) groups is 2. The van der Waals surface area contributed by atoms with Crippen LogP contribution in [0.2, 0.25) is 0 Å². The highest BCUT2D eigenvalue weighted by molar-refractivity contribution is 5.93. The minimum Gasteiger partial charge on any atom is -0.355 e. The first-order valence-corrected chi connectivity index (χ1v) is 8.99. The zero-order valence-electron chi connectivity index (χ0n) is 15.9. The molecule has 1 N–H and O–H groups in total. The zero-order valence-corrected chi connectivity index (χ0v) is 15.9. The summed E-state index contributed by atoms with van der Waals surface area (Å²) in [5, 5.41) is 3.11. The maximum absolute atomic E-state index is 12.5. The second-order valence-corrected chi connectivity index (χ2v) is 6.54. The maximum Gasteiger partial charge on any atom is 0.261 e. The van der Waals surface area contributed by atoms with Gasteiger partial charge in [0.15, 0.2) is 0 Å². The first-order valence-electron chi connectivity index (χ1n) is 8.99. The van der Waals surface area contributed by atoms with Gasteiger partial charge in [0.2, 0.25) is 5.91 Å². The van der Waals surface area contributed by atoms with Crippen LogP contribution in [0.5, 0.6) is 0 Å². The smallest absolute Gasteiger partial charge is 0.261 e. The molecule has 0 aliphatic rings. The quantitative estimate of drug-likeness (QED) is 0.709. The van der Waals surface area contributed by atoms with Crippen molar-refractivity contribution >= 4 is 22.7 Å². The van der Waals surface area contributed by atoms with Gasteiger partial charge in [-0.1, -0.05) is 24.3 Å². The molecule has 0 saturated heterocycles. The van der Waals surface area contributed by atoms with E-state index in [4.69, 9.17) is 0 Å². The summed E-state index contributed by atoms with van der Waals surface area (Å²) in [7, 11) is 3.30. The van der Waals surface area contributed by atoms with Gasteiger partial charge in [0, 0.05) is 39.2 Å². The molecule has 3 aromatic rings. The first-order chi connectivity index (χ1) is 13.5. The van der Waals surface area contributed by atoms with Crippen LogP contribution in [0.4, 0.5) is 0 Å². The Morgan fingerprint density at radius 3 is 2.54 bits per heavy atom. The minimum absolute atomic E-state index is 0.0737. The monoisotopic (exact) mass is 378 g/mol. The predicted octanol–water partition coefficient (Wildman–Crippen LogP) is 1.80. The van der Waals surface area contributed by atoms with E-state index >= 15 is 0 Å². The van der Waals surface area contributed by atoms with Crippen molar-refractivity contribution in [1.82, 2.24) is 19.8 Å². The average Bonchev–Trinajstić information content (AvgIpc) is 2.73. The molecule has 0 saturated carbocycles. The average molecular weight is 378 g/mol. The molecule has 0 atom stereocenters. The molecule has 3 rings (SSSR count). The van der Waals surface area contributed by atoms with Crippen LogP contribution in [0.1, 0.15) is 22.3 Å². The van der Waals surface area contributed by atoms with E-state index < -0.39 is 0 Å². The molecule has 7 nitrogen and oxygen atoms in total. The Bertz CT molecular complexity index is 1060. The molecule has 1 heterocycles. The predicted molar refractivity (Wildman–Crippen MR) is 107 cm³/mol. The summed E-state index contributed by atoms with van der Waals surface area (Å²) < 4.78 is 1.46. The molecule has 0 bridgehead atoms. The lowest BCUT2D eigenvalue weighted by molar-refractivity contribution is -0.130. The number of benzene rings is 2. The summed E-state index contributed by atoms with van der Waals surface area (Å²) in [6.45, 7) is 0.702. The highest BCUT2D eigenvalue weighted by atomic mass is 16.2. The molecule has 28 heavy (non-hydrogen) atoms. The van der Waals surface area contributed by atoms with Crippen LogP contribution in [0.25, 0.3) is 10.9 Å². The summed E-state index contributed by atoms with van der Waals surface area (Å²) in [6.07, 6.45) is 1.68. The van der Waals surface area contributed by atoms with E-state index in [-0.39, 0.29) is 30.3 Å². The molecule has 1 aromatic heterocycles. The molecule has 0 radical (unpaired) electrons. The lowest BCUT2D eigenvalue weighted by Gasteiger charge is -2.18. The van der Waals surface area contributed by atoms with Crippen molar-refractivity contribution in [3.05, 3.63) is 76.3 Å². The van der Waals surface area contributed by atoms with Crippen molar-refractivity contribution in [2.45, 2.75) is 19.5 Å². The van der Waals surface area contributed by atoms with Gasteiger partial charge in [-0.2, -0.15) is 0 Å². The zero-order chi connectivity index (χ0) is 20.1. The number of aryl methyl sites for hydroxylation is 1. The molecule has 2 aromatic carbocycles. The van der Waals surface area contributed by atoms with Crippen molar-refractivity contribution in [2.24, 2.45) is 0 Å². The summed E-state index contributed by atoms with van der Waals surface area (Å²) in [5.41, 5.74) is 2.00. The number of amides is 2. The Morgan fingerprint density at radius 1 is 1.11 bits per heavy atom. The molecule has 0 aliphatic carbocycles. The summed E-state index contributed by atoms with van der Waals surface area (Å²) in [4.78, 5) is 42.4.